The van der Waals surface area contributed by atoms with E-state index in [0.717, 1.165) is 34.8 Å². The number of carbonyl (C=O) groups is 2. The van der Waals surface area contributed by atoms with Gasteiger partial charge >= 0.3 is 11.9 Å². The lowest BCUT2D eigenvalue weighted by atomic mass is 9.83. The number of benzene rings is 1. The summed E-state index contributed by atoms with van der Waals surface area (Å²) in [4.78, 5) is 28.6. The molecule has 7 heteroatoms. The third-order valence-electron chi connectivity index (χ3n) is 4.88. The Kier molecular flexibility index (Phi) is 8.65. The Labute approximate surface area is 182 Å². The topological polar surface area (TPSA) is 55.8 Å². The Morgan fingerprint density at radius 1 is 1.03 bits per heavy atom. The minimum Gasteiger partial charge on any atom is -0.463 e. The molecule has 0 saturated carbocycles. The second-order valence-electron chi connectivity index (χ2n) is 6.74. The number of nitrogens with zero attached hydrogens (tertiary/aromatic N) is 1. The smallest absolute Gasteiger partial charge is 0.348 e. The molecule has 0 fully saturated rings. The third kappa shape index (κ3) is 5.37. The number of halogens is 1. The molecule has 1 unspecified atom stereocenters. The molecule has 1 aromatic rings. The van der Waals surface area contributed by atoms with Gasteiger partial charge in [-0.1, -0.05) is 25.4 Å². The van der Waals surface area contributed by atoms with E-state index in [1.165, 1.54) is 0 Å². The highest BCUT2D eigenvalue weighted by Crippen LogP contribution is 2.39. The van der Waals surface area contributed by atoms with E-state index in [0.29, 0.717) is 29.1 Å². The van der Waals surface area contributed by atoms with E-state index in [2.05, 4.69) is 6.92 Å². The number of ether oxygens (including phenoxy) is 1. The molecule has 0 aliphatic carbocycles. The minimum atomic E-state index is -0.440. The van der Waals surface area contributed by atoms with Crippen LogP contribution in [0.1, 0.15) is 47.5 Å². The predicted octanol–water partition coefficient (Wildman–Crippen LogP) is 5.75. The standard InChI is InChI=1S/C22H28ClNO4S/c1-6-13-24-14(4)19(21(25)27-8-3)18(7-2)20(15(24)5)22(26)28-29-17-11-9-16(23)10-12-17/h9-12,18H,6-8,13H2,1-5H3. The lowest BCUT2D eigenvalue weighted by molar-refractivity contribution is -0.139. The quantitative estimate of drug-likeness (QED) is 0.381. The fourth-order valence-corrected chi connectivity index (χ4v) is 4.20. The van der Waals surface area contributed by atoms with Crippen molar-refractivity contribution in [2.45, 2.75) is 52.4 Å². The van der Waals surface area contributed by atoms with Gasteiger partial charge in [-0.25, -0.2) is 9.59 Å². The van der Waals surface area contributed by atoms with Crippen LogP contribution in [-0.2, 0) is 18.5 Å². The molecule has 0 amide bonds. The molecule has 2 rings (SSSR count). The fraction of sp³-hybridized carbons (Fsp3) is 0.455. The van der Waals surface area contributed by atoms with Crippen LogP contribution in [0.15, 0.2) is 51.7 Å². The lowest BCUT2D eigenvalue weighted by Gasteiger charge is -2.37. The molecule has 158 valence electrons. The van der Waals surface area contributed by atoms with Gasteiger partial charge < -0.3 is 13.8 Å². The number of allylic oxidation sites excluding steroid dienone is 2. The molecule has 0 radical (unpaired) electrons. The molecular formula is C22H28ClNO4S. The Morgan fingerprint density at radius 2 is 1.62 bits per heavy atom. The molecule has 0 N–H and O–H groups in total. The first-order valence-electron chi connectivity index (χ1n) is 9.86. The van der Waals surface area contributed by atoms with Crippen molar-refractivity contribution in [3.63, 3.8) is 0 Å². The summed E-state index contributed by atoms with van der Waals surface area (Å²) in [5.74, 6) is -1.17. The SMILES string of the molecule is CCCN1C(C)=C(C(=O)OCC)C(CC)C(C(=O)OSc2ccc(Cl)cc2)=C1C. The number of carbonyl (C=O) groups excluding carboxylic acids is 2. The average Bonchev–Trinajstić information content (AvgIpc) is 2.70. The van der Waals surface area contributed by atoms with Gasteiger partial charge in [-0.05, 0) is 57.9 Å². The van der Waals surface area contributed by atoms with Crippen LogP contribution < -0.4 is 0 Å². The van der Waals surface area contributed by atoms with Crippen LogP contribution in [0.2, 0.25) is 5.02 Å². The molecule has 29 heavy (non-hydrogen) atoms. The molecule has 0 bridgehead atoms. The summed E-state index contributed by atoms with van der Waals surface area (Å²) in [6, 6.07) is 7.06. The van der Waals surface area contributed by atoms with Crippen molar-refractivity contribution in [1.82, 2.24) is 4.90 Å². The average molecular weight is 438 g/mol. The monoisotopic (exact) mass is 437 g/mol. The Morgan fingerprint density at radius 3 is 2.14 bits per heavy atom. The lowest BCUT2D eigenvalue weighted by Crippen LogP contribution is -2.36. The first kappa shape index (κ1) is 23.4. The summed E-state index contributed by atoms with van der Waals surface area (Å²) >= 11 is 6.89. The van der Waals surface area contributed by atoms with Crippen LogP contribution in [0, 0.1) is 5.92 Å². The zero-order chi connectivity index (χ0) is 21.6. The maximum absolute atomic E-state index is 13.1. The van der Waals surface area contributed by atoms with E-state index in [-0.39, 0.29) is 18.5 Å². The van der Waals surface area contributed by atoms with Crippen molar-refractivity contribution < 1.29 is 18.5 Å². The molecular weight excluding hydrogens is 410 g/mol. The maximum atomic E-state index is 13.1. The van der Waals surface area contributed by atoms with Gasteiger partial charge in [-0.2, -0.15) is 0 Å². The Balaban J connectivity index is 2.36. The van der Waals surface area contributed by atoms with E-state index in [4.69, 9.17) is 20.5 Å². The van der Waals surface area contributed by atoms with E-state index in [1.807, 2.05) is 25.7 Å². The number of hydrogen-bond donors (Lipinski definition) is 0. The number of rotatable bonds is 8. The normalized spacial score (nSPS) is 16.9. The Hall–Kier alpha value is -1.92. The van der Waals surface area contributed by atoms with E-state index in [9.17, 15) is 9.59 Å². The molecule has 0 aromatic heterocycles. The van der Waals surface area contributed by atoms with Crippen LogP contribution in [0.4, 0.5) is 0 Å². The van der Waals surface area contributed by atoms with Gasteiger partial charge in [-0.15, -0.1) is 0 Å². The summed E-state index contributed by atoms with van der Waals surface area (Å²) in [7, 11) is 0. The summed E-state index contributed by atoms with van der Waals surface area (Å²) < 4.78 is 10.8. The first-order chi connectivity index (χ1) is 13.8. The zero-order valence-electron chi connectivity index (χ0n) is 17.6. The largest absolute Gasteiger partial charge is 0.463 e. The van der Waals surface area contributed by atoms with Crippen LogP contribution >= 0.6 is 23.6 Å². The number of esters is 1. The van der Waals surface area contributed by atoms with Crippen molar-refractivity contribution in [3.05, 3.63) is 51.8 Å². The van der Waals surface area contributed by atoms with Gasteiger partial charge in [0, 0.05) is 33.8 Å². The van der Waals surface area contributed by atoms with Crippen molar-refractivity contribution in [1.29, 1.82) is 0 Å². The van der Waals surface area contributed by atoms with Gasteiger partial charge in [0.1, 0.15) is 0 Å². The minimum absolute atomic E-state index is 0.286. The van der Waals surface area contributed by atoms with Crippen molar-refractivity contribution in [3.8, 4) is 0 Å². The van der Waals surface area contributed by atoms with E-state index >= 15 is 0 Å². The molecule has 0 saturated heterocycles. The van der Waals surface area contributed by atoms with Gasteiger partial charge in [0.05, 0.1) is 29.8 Å². The second kappa shape index (κ2) is 10.7. The molecule has 1 aliphatic rings. The molecule has 5 nitrogen and oxygen atoms in total. The van der Waals surface area contributed by atoms with Gasteiger partial charge in [0.2, 0.25) is 0 Å². The predicted molar refractivity (Wildman–Crippen MR) is 116 cm³/mol. The summed E-state index contributed by atoms with van der Waals surface area (Å²) in [5.41, 5.74) is 2.72. The Bertz CT molecular complexity index is 817. The van der Waals surface area contributed by atoms with Crippen LogP contribution in [-0.4, -0.2) is 30.0 Å². The summed E-state index contributed by atoms with van der Waals surface area (Å²) in [6.45, 7) is 10.6. The van der Waals surface area contributed by atoms with E-state index < -0.39 is 5.97 Å². The van der Waals surface area contributed by atoms with Crippen molar-refractivity contribution >= 4 is 35.6 Å². The zero-order valence-corrected chi connectivity index (χ0v) is 19.2. The third-order valence-corrected chi connectivity index (χ3v) is 5.84. The highest BCUT2D eigenvalue weighted by Gasteiger charge is 2.38. The van der Waals surface area contributed by atoms with Gasteiger partial charge in [0.25, 0.3) is 0 Å². The summed E-state index contributed by atoms with van der Waals surface area (Å²) in [6.07, 6.45) is 1.47. The second-order valence-corrected chi connectivity index (χ2v) is 7.98. The van der Waals surface area contributed by atoms with Gasteiger partial charge in [-0.3, -0.25) is 0 Å². The first-order valence-corrected chi connectivity index (χ1v) is 11.0. The van der Waals surface area contributed by atoms with Crippen molar-refractivity contribution in [2.24, 2.45) is 5.92 Å². The maximum Gasteiger partial charge on any atom is 0.348 e. The van der Waals surface area contributed by atoms with Gasteiger partial charge in [0.15, 0.2) is 0 Å². The van der Waals surface area contributed by atoms with Crippen LogP contribution in [0.5, 0.6) is 0 Å². The molecule has 1 heterocycles. The molecule has 1 aromatic carbocycles. The van der Waals surface area contributed by atoms with E-state index in [1.54, 1.807) is 31.2 Å². The molecule has 1 aliphatic heterocycles. The number of hydrogen-bond acceptors (Lipinski definition) is 6. The molecule has 1 atom stereocenters. The summed E-state index contributed by atoms with van der Waals surface area (Å²) in [5, 5.41) is 0.618. The highest BCUT2D eigenvalue weighted by molar-refractivity contribution is 7.95. The highest BCUT2D eigenvalue weighted by atomic mass is 35.5. The molecule has 0 spiro atoms. The van der Waals surface area contributed by atoms with Crippen LogP contribution in [0.3, 0.4) is 0 Å². The van der Waals surface area contributed by atoms with Crippen molar-refractivity contribution in [2.75, 3.05) is 13.2 Å². The van der Waals surface area contributed by atoms with Crippen LogP contribution in [0.25, 0.3) is 0 Å². The fourth-order valence-electron chi connectivity index (χ4n) is 3.57.